The quantitative estimate of drug-likeness (QED) is 0.382. The molecule has 1 aromatic heterocycles. The SMILES string of the molecule is CN(Cc1ccc(C#Cc2ccccc2Cl)cc1)CC(O)(Cn1cncn1)c1ccc(F)cc1F. The molecule has 0 saturated heterocycles. The van der Waals surface area contributed by atoms with Gasteiger partial charge in [-0.2, -0.15) is 5.10 Å². The highest BCUT2D eigenvalue weighted by molar-refractivity contribution is 6.31. The highest BCUT2D eigenvalue weighted by atomic mass is 35.5. The van der Waals surface area contributed by atoms with Gasteiger partial charge in [0.25, 0.3) is 0 Å². The summed E-state index contributed by atoms with van der Waals surface area (Å²) in [6, 6.07) is 18.3. The molecule has 0 radical (unpaired) electrons. The molecular formula is C27H23ClF2N4O. The average Bonchev–Trinajstić information content (AvgIpc) is 3.32. The predicted molar refractivity (Wildman–Crippen MR) is 130 cm³/mol. The molecule has 1 heterocycles. The molecule has 4 aromatic rings. The molecule has 5 nitrogen and oxygen atoms in total. The Morgan fingerprint density at radius 3 is 2.51 bits per heavy atom. The Hall–Kier alpha value is -3.57. The monoisotopic (exact) mass is 492 g/mol. The largest absolute Gasteiger partial charge is 0.382 e. The van der Waals surface area contributed by atoms with E-state index in [9.17, 15) is 13.9 Å². The summed E-state index contributed by atoms with van der Waals surface area (Å²) >= 11 is 6.15. The summed E-state index contributed by atoms with van der Waals surface area (Å²) in [5.74, 6) is 4.64. The van der Waals surface area contributed by atoms with Crippen molar-refractivity contribution < 1.29 is 13.9 Å². The lowest BCUT2D eigenvalue weighted by molar-refractivity contribution is -0.0175. The summed E-state index contributed by atoms with van der Waals surface area (Å²) in [6.07, 6.45) is 2.77. The van der Waals surface area contributed by atoms with Crippen molar-refractivity contribution in [3.63, 3.8) is 0 Å². The van der Waals surface area contributed by atoms with Gasteiger partial charge in [-0.15, -0.1) is 0 Å². The molecule has 0 amide bonds. The number of aliphatic hydroxyl groups is 1. The van der Waals surface area contributed by atoms with Crippen molar-refractivity contribution in [2.45, 2.75) is 18.7 Å². The molecule has 1 unspecified atom stereocenters. The van der Waals surface area contributed by atoms with E-state index in [2.05, 4.69) is 21.9 Å². The molecule has 3 aromatic carbocycles. The maximum atomic E-state index is 14.6. The Morgan fingerprint density at radius 1 is 1.06 bits per heavy atom. The smallest absolute Gasteiger partial charge is 0.137 e. The second-order valence-electron chi connectivity index (χ2n) is 8.35. The van der Waals surface area contributed by atoms with Gasteiger partial charge in [-0.3, -0.25) is 4.90 Å². The van der Waals surface area contributed by atoms with Gasteiger partial charge in [-0.05, 0) is 42.9 Å². The van der Waals surface area contributed by atoms with E-state index in [-0.39, 0.29) is 18.7 Å². The summed E-state index contributed by atoms with van der Waals surface area (Å²) in [5.41, 5.74) is 0.913. The summed E-state index contributed by atoms with van der Waals surface area (Å²) in [5, 5.41) is 16.1. The van der Waals surface area contributed by atoms with Crippen LogP contribution in [0.4, 0.5) is 8.78 Å². The molecule has 0 aliphatic carbocycles. The third-order valence-corrected chi connectivity index (χ3v) is 5.81. The van der Waals surface area contributed by atoms with Gasteiger partial charge < -0.3 is 5.11 Å². The Morgan fingerprint density at radius 2 is 1.83 bits per heavy atom. The van der Waals surface area contributed by atoms with E-state index in [1.54, 1.807) is 6.07 Å². The fourth-order valence-electron chi connectivity index (χ4n) is 3.88. The first kappa shape index (κ1) is 24.6. The Bertz CT molecular complexity index is 1350. The molecule has 1 N–H and O–H groups in total. The van der Waals surface area contributed by atoms with Crippen LogP contribution in [-0.4, -0.2) is 38.4 Å². The molecule has 4 rings (SSSR count). The minimum absolute atomic E-state index is 0.00792. The van der Waals surface area contributed by atoms with Crippen molar-refractivity contribution in [2.75, 3.05) is 13.6 Å². The predicted octanol–water partition coefficient (Wildman–Crippen LogP) is 4.63. The van der Waals surface area contributed by atoms with Crippen LogP contribution in [0, 0.1) is 23.5 Å². The van der Waals surface area contributed by atoms with Crippen LogP contribution in [0.5, 0.6) is 0 Å². The first-order valence-electron chi connectivity index (χ1n) is 10.9. The zero-order valence-electron chi connectivity index (χ0n) is 19.0. The number of rotatable bonds is 7. The minimum atomic E-state index is -1.67. The molecule has 0 aliphatic rings. The molecule has 0 spiro atoms. The van der Waals surface area contributed by atoms with Crippen LogP contribution >= 0.6 is 11.6 Å². The first-order chi connectivity index (χ1) is 16.8. The topological polar surface area (TPSA) is 54.2 Å². The summed E-state index contributed by atoms with van der Waals surface area (Å²) in [7, 11) is 1.82. The number of likely N-dealkylation sites (N-methyl/N-ethyl adjacent to an activating group) is 1. The maximum Gasteiger partial charge on any atom is 0.137 e. The zero-order chi connectivity index (χ0) is 24.8. The lowest BCUT2D eigenvalue weighted by atomic mass is 9.92. The molecule has 0 bridgehead atoms. The van der Waals surface area contributed by atoms with E-state index in [1.165, 1.54) is 23.4 Å². The maximum absolute atomic E-state index is 14.6. The van der Waals surface area contributed by atoms with E-state index in [0.29, 0.717) is 11.6 Å². The molecule has 0 fully saturated rings. The molecule has 178 valence electrons. The van der Waals surface area contributed by atoms with Crippen LogP contribution in [0.25, 0.3) is 0 Å². The van der Waals surface area contributed by atoms with Gasteiger partial charge in [-0.25, -0.2) is 18.4 Å². The highest BCUT2D eigenvalue weighted by Crippen LogP contribution is 2.28. The van der Waals surface area contributed by atoms with Crippen LogP contribution in [0.15, 0.2) is 79.4 Å². The van der Waals surface area contributed by atoms with Crippen molar-refractivity contribution in [3.8, 4) is 11.8 Å². The summed E-state index contributed by atoms with van der Waals surface area (Å²) in [6.45, 7) is 0.515. The Kier molecular flexibility index (Phi) is 7.57. The zero-order valence-corrected chi connectivity index (χ0v) is 19.8. The van der Waals surface area contributed by atoms with Crippen LogP contribution < -0.4 is 0 Å². The molecule has 0 saturated carbocycles. The normalized spacial score (nSPS) is 12.7. The number of hydrogen-bond acceptors (Lipinski definition) is 4. The van der Waals surface area contributed by atoms with Gasteiger partial charge in [0, 0.05) is 35.8 Å². The van der Waals surface area contributed by atoms with E-state index in [1.807, 2.05) is 54.4 Å². The number of hydrogen-bond donors (Lipinski definition) is 1. The van der Waals surface area contributed by atoms with E-state index in [0.717, 1.165) is 28.8 Å². The van der Waals surface area contributed by atoms with Crippen LogP contribution in [-0.2, 0) is 18.7 Å². The van der Waals surface area contributed by atoms with Crippen molar-refractivity contribution in [3.05, 3.63) is 118 Å². The third kappa shape index (κ3) is 6.31. The van der Waals surface area contributed by atoms with Crippen molar-refractivity contribution in [2.24, 2.45) is 0 Å². The van der Waals surface area contributed by atoms with Gasteiger partial charge in [0.15, 0.2) is 0 Å². The third-order valence-electron chi connectivity index (χ3n) is 5.48. The first-order valence-corrected chi connectivity index (χ1v) is 11.2. The molecular weight excluding hydrogens is 470 g/mol. The lowest BCUT2D eigenvalue weighted by Crippen LogP contribution is -2.43. The number of nitrogens with zero attached hydrogens (tertiary/aromatic N) is 4. The van der Waals surface area contributed by atoms with Gasteiger partial charge in [0.2, 0.25) is 0 Å². The van der Waals surface area contributed by atoms with Crippen LogP contribution in [0.1, 0.15) is 22.3 Å². The number of aromatic nitrogens is 3. The Labute approximate surface area is 207 Å². The Balaban J connectivity index is 1.49. The second-order valence-corrected chi connectivity index (χ2v) is 8.76. The molecule has 0 aliphatic heterocycles. The minimum Gasteiger partial charge on any atom is -0.382 e. The second kappa shape index (κ2) is 10.8. The van der Waals surface area contributed by atoms with Gasteiger partial charge in [0.1, 0.15) is 29.9 Å². The molecule has 35 heavy (non-hydrogen) atoms. The van der Waals surface area contributed by atoms with E-state index < -0.39 is 17.2 Å². The van der Waals surface area contributed by atoms with Crippen molar-refractivity contribution in [1.82, 2.24) is 19.7 Å². The fraction of sp³-hybridized carbons (Fsp3) is 0.185. The standard InChI is InChI=1S/C27H23ClF2N4O/c1-33(15-21-8-6-20(7-9-21)10-11-22-4-2-3-5-25(22)28)16-27(35,17-34-19-31-18-32-34)24-13-12-23(29)14-26(24)30/h2-9,12-14,18-19,35H,15-17H2,1H3. The van der Waals surface area contributed by atoms with Gasteiger partial charge in [-0.1, -0.05) is 53.8 Å². The lowest BCUT2D eigenvalue weighted by Gasteiger charge is -2.33. The fourth-order valence-corrected chi connectivity index (χ4v) is 4.06. The highest BCUT2D eigenvalue weighted by Gasteiger charge is 2.34. The molecule has 8 heteroatoms. The van der Waals surface area contributed by atoms with E-state index >= 15 is 0 Å². The summed E-state index contributed by atoms with van der Waals surface area (Å²) < 4.78 is 29.5. The van der Waals surface area contributed by atoms with Crippen LogP contribution in [0.3, 0.4) is 0 Å². The summed E-state index contributed by atoms with van der Waals surface area (Å²) in [4.78, 5) is 5.75. The van der Waals surface area contributed by atoms with E-state index in [4.69, 9.17) is 11.6 Å². The van der Waals surface area contributed by atoms with Crippen LogP contribution in [0.2, 0.25) is 5.02 Å². The number of benzene rings is 3. The van der Waals surface area contributed by atoms with Crippen molar-refractivity contribution in [1.29, 1.82) is 0 Å². The van der Waals surface area contributed by atoms with Crippen molar-refractivity contribution >= 4 is 11.6 Å². The van der Waals surface area contributed by atoms with Gasteiger partial charge in [0.05, 0.1) is 11.6 Å². The molecule has 1 atom stereocenters. The number of halogens is 3. The van der Waals surface area contributed by atoms with Gasteiger partial charge >= 0.3 is 0 Å². The average molecular weight is 493 g/mol.